The van der Waals surface area contributed by atoms with Gasteiger partial charge in [0.1, 0.15) is 5.69 Å². The first-order valence-electron chi connectivity index (χ1n) is 15.4. The first kappa shape index (κ1) is 34.0. The lowest BCUT2D eigenvalue weighted by atomic mass is 10.1. The number of benzene rings is 2. The van der Waals surface area contributed by atoms with E-state index in [-0.39, 0.29) is 29.1 Å². The van der Waals surface area contributed by atoms with Gasteiger partial charge in [-0.2, -0.15) is 18.3 Å². The van der Waals surface area contributed by atoms with Crippen molar-refractivity contribution in [3.05, 3.63) is 94.0 Å². The molecule has 1 saturated heterocycles. The zero-order valence-electron chi connectivity index (χ0n) is 27.1. The molecular weight excluding hydrogens is 627 g/mol. The highest BCUT2D eigenvalue weighted by Crippen LogP contribution is 2.32. The lowest BCUT2D eigenvalue weighted by molar-refractivity contribution is -0.869. The average Bonchev–Trinajstić information content (AvgIpc) is 3.62. The molecule has 48 heavy (non-hydrogen) atoms. The molecule has 1 fully saturated rings. The van der Waals surface area contributed by atoms with Crippen LogP contribution in [0.5, 0.6) is 0 Å². The molecule has 0 spiro atoms. The van der Waals surface area contributed by atoms with E-state index in [1.807, 2.05) is 21.1 Å². The monoisotopic (exact) mass is 664 g/mol. The number of rotatable bonds is 7. The fourth-order valence-electron chi connectivity index (χ4n) is 5.65. The summed E-state index contributed by atoms with van der Waals surface area (Å²) in [5.74, 6) is 0. The zero-order valence-corrected chi connectivity index (χ0v) is 27.1. The topological polar surface area (TPSA) is 111 Å². The third-order valence-electron chi connectivity index (χ3n) is 8.20. The van der Waals surface area contributed by atoms with Crippen LogP contribution in [0.4, 0.5) is 28.4 Å². The van der Waals surface area contributed by atoms with Gasteiger partial charge in [0.2, 0.25) is 0 Å². The minimum Gasteiger partial charge on any atom is -0.334 e. The summed E-state index contributed by atoms with van der Waals surface area (Å²) in [6, 6.07) is 11.2. The summed E-state index contributed by atoms with van der Waals surface area (Å²) in [6.07, 6.45) is -2.29. The van der Waals surface area contributed by atoms with Gasteiger partial charge in [0.25, 0.3) is 0 Å². The maximum Gasteiger partial charge on any atom is 0.416 e. The Labute approximate surface area is 275 Å². The molecule has 12 nitrogen and oxygen atoms in total. The molecular formula is C33H37F3N9O3+. The Morgan fingerprint density at radius 1 is 1.02 bits per heavy atom. The second-order valence-electron chi connectivity index (χ2n) is 12.6. The smallest absolute Gasteiger partial charge is 0.334 e. The van der Waals surface area contributed by atoms with E-state index in [2.05, 4.69) is 20.6 Å². The van der Waals surface area contributed by atoms with E-state index in [1.165, 1.54) is 23.0 Å². The number of carbonyl (C=O) groups excluding carboxylic acids is 2. The molecule has 15 heteroatoms. The van der Waals surface area contributed by atoms with Crippen molar-refractivity contribution in [1.82, 2.24) is 34.4 Å². The number of carbonyl (C=O) groups is 2. The van der Waals surface area contributed by atoms with Gasteiger partial charge in [-0.1, -0.05) is 18.2 Å². The van der Waals surface area contributed by atoms with Crippen molar-refractivity contribution >= 4 is 17.7 Å². The summed E-state index contributed by atoms with van der Waals surface area (Å²) in [4.78, 5) is 45.8. The first-order valence-corrected chi connectivity index (χ1v) is 15.4. The van der Waals surface area contributed by atoms with Crippen LogP contribution in [0.25, 0.3) is 27.6 Å². The number of likely N-dealkylation sites (tertiary alicyclic amines) is 1. The molecule has 0 atom stereocenters. The van der Waals surface area contributed by atoms with Gasteiger partial charge in [-0.05, 0) is 56.2 Å². The minimum atomic E-state index is -4.65. The van der Waals surface area contributed by atoms with Crippen LogP contribution in [0.1, 0.15) is 24.1 Å². The van der Waals surface area contributed by atoms with Crippen LogP contribution >= 0.6 is 0 Å². The third-order valence-corrected chi connectivity index (χ3v) is 8.20. The van der Waals surface area contributed by atoms with E-state index in [0.717, 1.165) is 27.8 Å². The van der Waals surface area contributed by atoms with Crippen LogP contribution in [-0.2, 0) is 6.18 Å². The number of aromatic nitrogens is 4. The summed E-state index contributed by atoms with van der Waals surface area (Å²) < 4.78 is 45.1. The molecule has 0 radical (unpaired) electrons. The van der Waals surface area contributed by atoms with Gasteiger partial charge in [-0.3, -0.25) is 4.57 Å². The number of hydrogen-bond donors (Lipinski definition) is 2. The van der Waals surface area contributed by atoms with Crippen molar-refractivity contribution in [2.24, 2.45) is 0 Å². The molecule has 2 aromatic carbocycles. The van der Waals surface area contributed by atoms with Crippen LogP contribution in [-0.4, -0.2) is 93.7 Å². The third kappa shape index (κ3) is 7.28. The fraction of sp³-hybridized carbons (Fsp3) is 0.364. The number of halogens is 3. The molecule has 5 rings (SSSR count). The lowest BCUT2D eigenvalue weighted by Crippen LogP contribution is -2.52. The van der Waals surface area contributed by atoms with Crippen LogP contribution in [0.3, 0.4) is 0 Å². The maximum absolute atomic E-state index is 14.1. The van der Waals surface area contributed by atoms with Gasteiger partial charge in [0, 0.05) is 19.1 Å². The molecule has 3 heterocycles. The highest BCUT2D eigenvalue weighted by atomic mass is 19.4. The van der Waals surface area contributed by atoms with Gasteiger partial charge in [-0.15, -0.1) is 0 Å². The first-order chi connectivity index (χ1) is 22.7. The van der Waals surface area contributed by atoms with Crippen LogP contribution in [0.2, 0.25) is 0 Å². The number of urea groups is 1. The van der Waals surface area contributed by atoms with E-state index in [9.17, 15) is 27.6 Å². The van der Waals surface area contributed by atoms with Gasteiger partial charge in [0.15, 0.2) is 5.69 Å². The predicted molar refractivity (Wildman–Crippen MR) is 173 cm³/mol. The van der Waals surface area contributed by atoms with Gasteiger partial charge in [-0.25, -0.2) is 28.5 Å². The van der Waals surface area contributed by atoms with E-state index in [1.54, 1.807) is 42.2 Å². The van der Waals surface area contributed by atoms with Crippen LogP contribution < -0.4 is 16.3 Å². The van der Waals surface area contributed by atoms with Crippen LogP contribution in [0.15, 0.2) is 65.6 Å². The Kier molecular flexibility index (Phi) is 9.49. The summed E-state index contributed by atoms with van der Waals surface area (Å²) in [7, 11) is 6.11. The van der Waals surface area contributed by atoms with Crippen LogP contribution in [0, 0.1) is 13.5 Å². The second kappa shape index (κ2) is 13.4. The highest BCUT2D eigenvalue weighted by molar-refractivity contribution is 5.83. The number of likely N-dealkylation sites (N-methyl/N-ethyl adjacent to an activating group) is 1. The van der Waals surface area contributed by atoms with Gasteiger partial charge in [0.05, 0.1) is 75.3 Å². The maximum atomic E-state index is 14.1. The summed E-state index contributed by atoms with van der Waals surface area (Å²) in [5.41, 5.74) is -0.222. The lowest BCUT2D eigenvalue weighted by Gasteiger charge is -2.32. The Hall–Kier alpha value is -5.36. The number of nitrogens with one attached hydrogen (secondary N) is 2. The Morgan fingerprint density at radius 2 is 1.71 bits per heavy atom. The molecule has 2 N–H and O–H groups in total. The van der Waals surface area contributed by atoms with Crippen molar-refractivity contribution in [2.45, 2.75) is 32.0 Å². The number of nitrogens with zero attached hydrogens (tertiary/aromatic N) is 7. The van der Waals surface area contributed by atoms with E-state index >= 15 is 0 Å². The molecule has 1 aliphatic heterocycles. The number of amides is 3. The van der Waals surface area contributed by atoms with Crippen molar-refractivity contribution in [3.8, 4) is 22.8 Å². The minimum absolute atomic E-state index is 0.0582. The number of piperidine rings is 1. The van der Waals surface area contributed by atoms with Crippen molar-refractivity contribution in [2.75, 3.05) is 47.3 Å². The molecule has 1 aliphatic rings. The average molecular weight is 665 g/mol. The van der Waals surface area contributed by atoms with Gasteiger partial charge < -0.3 is 20.0 Å². The van der Waals surface area contributed by atoms with E-state index in [0.29, 0.717) is 54.0 Å². The summed E-state index contributed by atoms with van der Waals surface area (Å²) in [5, 5.41) is 10.2. The second-order valence-corrected chi connectivity index (χ2v) is 12.6. The van der Waals surface area contributed by atoms with Crippen molar-refractivity contribution in [1.29, 1.82) is 0 Å². The quantitative estimate of drug-likeness (QED) is 0.218. The molecule has 0 unspecified atom stereocenters. The predicted octanol–water partition coefficient (Wildman–Crippen LogP) is 4.81. The zero-order chi connectivity index (χ0) is 34.8. The summed E-state index contributed by atoms with van der Waals surface area (Å²) >= 11 is 0. The molecule has 252 valence electrons. The van der Waals surface area contributed by atoms with E-state index in [4.69, 9.17) is 6.57 Å². The molecule has 0 aliphatic carbocycles. The van der Waals surface area contributed by atoms with Crippen molar-refractivity contribution < 1.29 is 27.2 Å². The Balaban J connectivity index is 1.48. The standard InChI is InChI=1S/C33H36F3N9O3/c1-22-29(28-13-16-39-44(28)26-11-9-24(37-2)10-12-26)43(32(48)42(22)27-8-6-7-23(21-27)33(34,35)36)31(47)40-25-14-18-41(19-15-25)30(46)38-17-20-45(3,4)5/h6-13,16,21,25H,14-15,17-20H2,1,3-5H3,(H-,38,40,46,47)/p+1. The molecule has 4 aromatic rings. The Morgan fingerprint density at radius 3 is 2.33 bits per heavy atom. The Bertz CT molecular complexity index is 1900. The largest absolute Gasteiger partial charge is 0.416 e. The van der Waals surface area contributed by atoms with Crippen molar-refractivity contribution in [3.63, 3.8) is 0 Å². The fourth-order valence-corrected chi connectivity index (χ4v) is 5.65. The summed E-state index contributed by atoms with van der Waals surface area (Å²) in [6.45, 7) is 10.9. The number of imidazole rings is 1. The molecule has 3 amide bonds. The van der Waals surface area contributed by atoms with E-state index < -0.39 is 23.5 Å². The normalized spacial score (nSPS) is 14.1. The SMILES string of the molecule is [C-]#[N+]c1ccc(-n2nccc2-c2c(C)n(-c3cccc(C(F)(F)F)c3)c(=O)n2C(=O)NC2CCN(C(=O)NCC[N+](C)(C)C)CC2)cc1. The molecule has 0 saturated carbocycles. The van der Waals surface area contributed by atoms with Gasteiger partial charge >= 0.3 is 23.9 Å². The number of hydrogen-bond acceptors (Lipinski definition) is 4. The highest BCUT2D eigenvalue weighted by Gasteiger charge is 2.33. The molecule has 0 bridgehead atoms. The number of quaternary nitrogens is 1. The molecule has 2 aromatic heterocycles. The number of alkyl halides is 3.